The minimum Gasteiger partial charge on any atom is -0.515 e. The summed E-state index contributed by atoms with van der Waals surface area (Å²) in [4.78, 5) is 21.9. The summed E-state index contributed by atoms with van der Waals surface area (Å²) < 4.78 is 42.7. The summed E-state index contributed by atoms with van der Waals surface area (Å²) in [5, 5.41) is 9.14. The number of alkyl halides is 3. The van der Waals surface area contributed by atoms with Crippen LogP contribution in [0.15, 0.2) is 40.7 Å². The van der Waals surface area contributed by atoms with Gasteiger partial charge in [0.15, 0.2) is 0 Å². The number of hydrogen-bond acceptors (Lipinski definition) is 5. The van der Waals surface area contributed by atoms with Crippen molar-refractivity contribution in [3.8, 4) is 5.88 Å². The quantitative estimate of drug-likeness (QED) is 0.431. The van der Waals surface area contributed by atoms with Crippen LogP contribution in [0.2, 0.25) is 0 Å². The third-order valence-corrected chi connectivity index (χ3v) is 4.18. The highest BCUT2D eigenvalue weighted by Gasteiger charge is 2.34. The number of allylic oxidation sites excluding steroid dienone is 2. The summed E-state index contributed by atoms with van der Waals surface area (Å²) in [5.41, 5.74) is 1.87. The van der Waals surface area contributed by atoms with Crippen LogP contribution in [0.1, 0.15) is 36.7 Å². The van der Waals surface area contributed by atoms with Gasteiger partial charge in [0.25, 0.3) is 5.91 Å². The van der Waals surface area contributed by atoms with Crippen LogP contribution in [0, 0.1) is 0 Å². The highest BCUT2D eigenvalue weighted by molar-refractivity contribution is 6.00. The van der Waals surface area contributed by atoms with Crippen LogP contribution >= 0.6 is 0 Å². The Labute approximate surface area is 161 Å². The molecule has 1 amide bonds. The van der Waals surface area contributed by atoms with Gasteiger partial charge in [0.1, 0.15) is 6.54 Å². The molecule has 1 unspecified atom stereocenters. The van der Waals surface area contributed by atoms with E-state index in [0.717, 1.165) is 12.5 Å². The van der Waals surface area contributed by atoms with E-state index in [1.54, 1.807) is 26.8 Å². The molecule has 1 atom stereocenters. The van der Waals surface area contributed by atoms with E-state index in [-0.39, 0.29) is 12.5 Å². The van der Waals surface area contributed by atoms with Gasteiger partial charge in [-0.1, -0.05) is 0 Å². The van der Waals surface area contributed by atoms with Crippen molar-refractivity contribution in [3.63, 3.8) is 0 Å². The number of nitrogens with zero attached hydrogens (tertiary/aromatic N) is 3. The first-order valence-electron chi connectivity index (χ1n) is 8.68. The summed E-state index contributed by atoms with van der Waals surface area (Å²) in [6, 6.07) is 1.01. The summed E-state index contributed by atoms with van der Waals surface area (Å²) in [7, 11) is 0. The first-order valence-corrected chi connectivity index (χ1v) is 8.68. The first-order chi connectivity index (χ1) is 13.2. The van der Waals surface area contributed by atoms with Gasteiger partial charge in [0.2, 0.25) is 5.88 Å². The van der Waals surface area contributed by atoms with Crippen molar-refractivity contribution < 1.29 is 27.8 Å². The molecule has 152 valence electrons. The number of pyridine rings is 1. The molecular weight excluding hydrogens is 375 g/mol. The van der Waals surface area contributed by atoms with E-state index in [2.05, 4.69) is 9.98 Å². The van der Waals surface area contributed by atoms with Crippen LogP contribution in [-0.2, 0) is 6.54 Å². The zero-order chi connectivity index (χ0) is 20.9. The average molecular weight is 397 g/mol. The maximum Gasteiger partial charge on any atom is 0.407 e. The molecule has 1 N–H and O–H groups in total. The molecule has 1 aromatic rings. The number of aliphatic imine (C=N–C) groups is 1. The van der Waals surface area contributed by atoms with Gasteiger partial charge in [-0.3, -0.25) is 9.79 Å². The minimum absolute atomic E-state index is 0.213. The molecule has 1 aliphatic rings. The van der Waals surface area contributed by atoms with Gasteiger partial charge in [-0.2, -0.15) is 13.2 Å². The largest absolute Gasteiger partial charge is 0.515 e. The monoisotopic (exact) mass is 397 g/mol. The molecule has 1 aromatic heterocycles. The number of aromatic nitrogens is 1. The van der Waals surface area contributed by atoms with Crippen molar-refractivity contribution in [1.29, 1.82) is 0 Å². The van der Waals surface area contributed by atoms with E-state index >= 15 is 0 Å². The molecule has 28 heavy (non-hydrogen) atoms. The Morgan fingerprint density at radius 2 is 2.21 bits per heavy atom. The van der Waals surface area contributed by atoms with Crippen molar-refractivity contribution in [2.45, 2.75) is 39.5 Å². The normalized spacial score (nSPS) is 16.6. The number of carbonyl (C=O) groups excluding carboxylic acids is 1. The van der Waals surface area contributed by atoms with Crippen molar-refractivity contribution in [3.05, 3.63) is 46.9 Å². The van der Waals surface area contributed by atoms with Gasteiger partial charge in [-0.05, 0) is 44.1 Å². The Bertz CT molecular complexity index is 816. The fourth-order valence-corrected chi connectivity index (χ4v) is 2.80. The SMILES string of the molecule is CCOc1nccc2c1CN(C(C)C(/C=N\CC(F)(F)F)=C/C(C)=C/O)C2=O. The Morgan fingerprint density at radius 3 is 2.82 bits per heavy atom. The molecule has 2 rings (SSSR count). The fraction of sp³-hybridized carbons (Fsp3) is 0.421. The molecular formula is C19H22F3N3O3. The molecule has 0 aromatic carbocycles. The number of rotatable bonds is 7. The van der Waals surface area contributed by atoms with Crippen LogP contribution in [-0.4, -0.2) is 52.5 Å². The number of aliphatic hydroxyl groups excluding tert-OH is 1. The molecule has 0 saturated carbocycles. The third-order valence-electron chi connectivity index (χ3n) is 4.18. The molecule has 0 radical (unpaired) electrons. The number of amides is 1. The highest BCUT2D eigenvalue weighted by Crippen LogP contribution is 2.32. The number of hydrogen-bond donors (Lipinski definition) is 1. The Morgan fingerprint density at radius 1 is 1.50 bits per heavy atom. The van der Waals surface area contributed by atoms with Crippen LogP contribution in [0.3, 0.4) is 0 Å². The second-order valence-electron chi connectivity index (χ2n) is 6.29. The summed E-state index contributed by atoms with van der Waals surface area (Å²) in [6.45, 7) is 4.36. The lowest BCUT2D eigenvalue weighted by Crippen LogP contribution is -2.35. The van der Waals surface area contributed by atoms with Gasteiger partial charge >= 0.3 is 6.18 Å². The van der Waals surface area contributed by atoms with Crippen LogP contribution < -0.4 is 4.74 Å². The van der Waals surface area contributed by atoms with Crippen molar-refractivity contribution in [2.75, 3.05) is 13.2 Å². The molecule has 0 saturated heterocycles. The van der Waals surface area contributed by atoms with Crippen molar-refractivity contribution >= 4 is 12.1 Å². The molecule has 0 bridgehead atoms. The average Bonchev–Trinajstić information content (AvgIpc) is 2.97. The summed E-state index contributed by atoms with van der Waals surface area (Å²) in [6.07, 6.45) is 0.466. The smallest absolute Gasteiger partial charge is 0.407 e. The van der Waals surface area contributed by atoms with Gasteiger partial charge in [0, 0.05) is 18.0 Å². The molecule has 9 heteroatoms. The Hall–Kier alpha value is -2.84. The second kappa shape index (κ2) is 8.90. The molecule has 0 aliphatic carbocycles. The minimum atomic E-state index is -4.43. The predicted molar refractivity (Wildman–Crippen MR) is 98.6 cm³/mol. The fourth-order valence-electron chi connectivity index (χ4n) is 2.80. The number of aliphatic hydroxyl groups is 1. The van der Waals surface area contributed by atoms with Crippen LogP contribution in [0.25, 0.3) is 0 Å². The zero-order valence-electron chi connectivity index (χ0n) is 15.8. The predicted octanol–water partition coefficient (Wildman–Crippen LogP) is 3.85. The maximum atomic E-state index is 12.8. The molecule has 2 heterocycles. The van der Waals surface area contributed by atoms with Gasteiger partial charge in [-0.15, -0.1) is 0 Å². The number of ether oxygens (including phenoxy) is 1. The molecule has 6 nitrogen and oxygen atoms in total. The Kier molecular flexibility index (Phi) is 6.82. The van der Waals surface area contributed by atoms with Gasteiger partial charge in [0.05, 0.1) is 31.0 Å². The van der Waals surface area contributed by atoms with E-state index < -0.39 is 18.8 Å². The van der Waals surface area contributed by atoms with Gasteiger partial charge in [-0.25, -0.2) is 4.98 Å². The first kappa shape index (κ1) is 21.5. The van der Waals surface area contributed by atoms with Crippen molar-refractivity contribution in [2.24, 2.45) is 4.99 Å². The molecule has 0 fully saturated rings. The van der Waals surface area contributed by atoms with Gasteiger partial charge < -0.3 is 14.7 Å². The highest BCUT2D eigenvalue weighted by atomic mass is 19.4. The third kappa shape index (κ3) is 5.11. The lowest BCUT2D eigenvalue weighted by Gasteiger charge is -2.25. The standard InChI is InChI=1S/C19H22F3N3O3/c1-4-28-17-16-9-25(18(27)15(16)5-6-24-17)13(3)14(7-12(2)10-26)8-23-11-19(20,21)22/h5-8,10,13,26H,4,9,11H2,1-3H3/b12-10+,14-7+,23-8-. The maximum absolute atomic E-state index is 12.8. The number of carbonyl (C=O) groups is 1. The van der Waals surface area contributed by atoms with Crippen LogP contribution in [0.5, 0.6) is 5.88 Å². The van der Waals surface area contributed by atoms with E-state index in [0.29, 0.717) is 34.8 Å². The van der Waals surface area contributed by atoms with E-state index in [9.17, 15) is 18.0 Å². The second-order valence-corrected chi connectivity index (χ2v) is 6.29. The lowest BCUT2D eigenvalue weighted by molar-refractivity contribution is -0.118. The lowest BCUT2D eigenvalue weighted by atomic mass is 10.1. The topological polar surface area (TPSA) is 75.0 Å². The van der Waals surface area contributed by atoms with E-state index in [1.807, 2.05) is 0 Å². The molecule has 1 aliphatic heterocycles. The summed E-state index contributed by atoms with van der Waals surface area (Å²) in [5.74, 6) is 0.0948. The van der Waals surface area contributed by atoms with E-state index in [4.69, 9.17) is 9.84 Å². The summed E-state index contributed by atoms with van der Waals surface area (Å²) >= 11 is 0. The zero-order valence-corrected chi connectivity index (χ0v) is 15.8. The number of halogens is 3. The Balaban J connectivity index is 2.32. The van der Waals surface area contributed by atoms with Crippen molar-refractivity contribution in [1.82, 2.24) is 9.88 Å². The number of fused-ring (bicyclic) bond motifs is 1. The van der Waals surface area contributed by atoms with Crippen LogP contribution in [0.4, 0.5) is 13.2 Å². The molecule has 0 spiro atoms. The van der Waals surface area contributed by atoms with E-state index in [1.165, 1.54) is 17.2 Å².